The van der Waals surface area contributed by atoms with E-state index < -0.39 is 0 Å². The Balaban J connectivity index is 1.85. The van der Waals surface area contributed by atoms with E-state index in [-0.39, 0.29) is 6.10 Å². The van der Waals surface area contributed by atoms with Crippen molar-refractivity contribution >= 4 is 0 Å². The molecule has 0 heterocycles. The SMILES string of the molecule is CN(Cc1cccc(C#N)c1)CC1CC(O)C1. The Hall–Kier alpha value is -1.37. The molecule has 90 valence electrons. The van der Waals surface area contributed by atoms with Crippen LogP contribution in [0.5, 0.6) is 0 Å². The van der Waals surface area contributed by atoms with Crippen molar-refractivity contribution in [2.24, 2.45) is 5.92 Å². The minimum atomic E-state index is -0.0738. The Morgan fingerprint density at radius 2 is 2.24 bits per heavy atom. The second-order valence-electron chi connectivity index (χ2n) is 5.00. The van der Waals surface area contributed by atoms with E-state index in [1.807, 2.05) is 24.3 Å². The second kappa shape index (κ2) is 5.31. The van der Waals surface area contributed by atoms with Crippen LogP contribution in [0.2, 0.25) is 0 Å². The van der Waals surface area contributed by atoms with Crippen LogP contribution in [0.3, 0.4) is 0 Å². The molecule has 1 N–H and O–H groups in total. The van der Waals surface area contributed by atoms with E-state index in [0.717, 1.165) is 31.5 Å². The molecule has 1 aromatic carbocycles. The second-order valence-corrected chi connectivity index (χ2v) is 5.00. The van der Waals surface area contributed by atoms with Crippen LogP contribution < -0.4 is 0 Å². The zero-order chi connectivity index (χ0) is 12.3. The monoisotopic (exact) mass is 230 g/mol. The highest BCUT2D eigenvalue weighted by atomic mass is 16.3. The maximum atomic E-state index is 9.23. The van der Waals surface area contributed by atoms with Crippen LogP contribution in [0.25, 0.3) is 0 Å². The highest BCUT2D eigenvalue weighted by Crippen LogP contribution is 2.27. The Morgan fingerprint density at radius 3 is 2.88 bits per heavy atom. The first-order valence-corrected chi connectivity index (χ1v) is 6.03. The van der Waals surface area contributed by atoms with Gasteiger partial charge in [-0.05, 0) is 43.5 Å². The maximum Gasteiger partial charge on any atom is 0.0991 e. The number of nitrogens with zero attached hydrogens (tertiary/aromatic N) is 2. The standard InChI is InChI=1S/C14H18N2O/c1-16(10-13-6-14(17)7-13)9-12-4-2-3-11(5-12)8-15/h2-5,13-14,17H,6-7,9-10H2,1H3. The number of hydrogen-bond acceptors (Lipinski definition) is 3. The van der Waals surface area contributed by atoms with Crippen LogP contribution >= 0.6 is 0 Å². The van der Waals surface area contributed by atoms with Gasteiger partial charge in [-0.15, -0.1) is 0 Å². The van der Waals surface area contributed by atoms with Crippen LogP contribution in [-0.4, -0.2) is 29.7 Å². The highest BCUT2D eigenvalue weighted by Gasteiger charge is 2.27. The zero-order valence-electron chi connectivity index (χ0n) is 10.1. The summed E-state index contributed by atoms with van der Waals surface area (Å²) in [7, 11) is 2.09. The number of benzene rings is 1. The fourth-order valence-electron chi connectivity index (χ4n) is 2.41. The van der Waals surface area contributed by atoms with E-state index in [1.54, 1.807) is 0 Å². The van der Waals surface area contributed by atoms with Crippen LogP contribution in [0, 0.1) is 17.2 Å². The number of nitriles is 1. The van der Waals surface area contributed by atoms with Gasteiger partial charge in [0.25, 0.3) is 0 Å². The molecule has 0 atom stereocenters. The van der Waals surface area contributed by atoms with Crippen LogP contribution in [0.1, 0.15) is 24.0 Å². The third-order valence-electron chi connectivity index (χ3n) is 3.29. The minimum Gasteiger partial charge on any atom is -0.393 e. The summed E-state index contributed by atoms with van der Waals surface area (Å²) >= 11 is 0. The molecule has 3 heteroatoms. The first-order chi connectivity index (χ1) is 8.17. The first kappa shape index (κ1) is 12.1. The lowest BCUT2D eigenvalue weighted by Gasteiger charge is -2.34. The molecular weight excluding hydrogens is 212 g/mol. The van der Waals surface area contributed by atoms with E-state index in [0.29, 0.717) is 5.92 Å². The molecule has 17 heavy (non-hydrogen) atoms. The largest absolute Gasteiger partial charge is 0.393 e. The van der Waals surface area contributed by atoms with Crippen molar-refractivity contribution in [3.8, 4) is 6.07 Å². The van der Waals surface area contributed by atoms with Crippen LogP contribution in [-0.2, 0) is 6.54 Å². The summed E-state index contributed by atoms with van der Waals surface area (Å²) in [5.41, 5.74) is 1.89. The van der Waals surface area contributed by atoms with Gasteiger partial charge in [-0.2, -0.15) is 5.26 Å². The fourth-order valence-corrected chi connectivity index (χ4v) is 2.41. The molecule has 0 aliphatic heterocycles. The molecule has 1 aliphatic carbocycles. The molecule has 0 spiro atoms. The Labute approximate surface area is 102 Å². The van der Waals surface area contributed by atoms with E-state index in [9.17, 15) is 5.11 Å². The summed E-state index contributed by atoms with van der Waals surface area (Å²) in [5, 5.41) is 18.1. The molecule has 0 bridgehead atoms. The Bertz CT molecular complexity index is 418. The average molecular weight is 230 g/mol. The lowest BCUT2D eigenvalue weighted by atomic mass is 9.82. The molecule has 1 fully saturated rings. The number of aliphatic hydroxyl groups is 1. The fraction of sp³-hybridized carbons (Fsp3) is 0.500. The van der Waals surface area contributed by atoms with Crippen molar-refractivity contribution in [1.29, 1.82) is 5.26 Å². The lowest BCUT2D eigenvalue weighted by molar-refractivity contribution is 0.0274. The summed E-state index contributed by atoms with van der Waals surface area (Å²) in [6.07, 6.45) is 1.79. The van der Waals surface area contributed by atoms with Gasteiger partial charge in [-0.25, -0.2) is 0 Å². The molecule has 0 saturated heterocycles. The van der Waals surface area contributed by atoms with Crippen molar-refractivity contribution < 1.29 is 5.11 Å². The topological polar surface area (TPSA) is 47.3 Å². The van der Waals surface area contributed by atoms with Crippen LogP contribution in [0.15, 0.2) is 24.3 Å². The molecule has 0 amide bonds. The van der Waals surface area contributed by atoms with E-state index in [4.69, 9.17) is 5.26 Å². The van der Waals surface area contributed by atoms with Gasteiger partial charge in [0.1, 0.15) is 0 Å². The number of hydrogen-bond donors (Lipinski definition) is 1. The normalized spacial score (nSPS) is 23.2. The molecule has 1 aliphatic rings. The third-order valence-corrected chi connectivity index (χ3v) is 3.29. The van der Waals surface area contributed by atoms with Crippen molar-refractivity contribution in [2.75, 3.05) is 13.6 Å². The lowest BCUT2D eigenvalue weighted by Crippen LogP contribution is -2.36. The van der Waals surface area contributed by atoms with Gasteiger partial charge in [0.15, 0.2) is 0 Å². The third kappa shape index (κ3) is 3.29. The Kier molecular flexibility index (Phi) is 3.78. The molecule has 3 nitrogen and oxygen atoms in total. The highest BCUT2D eigenvalue weighted by molar-refractivity contribution is 5.32. The van der Waals surface area contributed by atoms with Crippen molar-refractivity contribution in [3.05, 3.63) is 35.4 Å². The van der Waals surface area contributed by atoms with Gasteiger partial charge in [0.05, 0.1) is 17.7 Å². The van der Waals surface area contributed by atoms with E-state index in [1.165, 1.54) is 5.56 Å². The summed E-state index contributed by atoms with van der Waals surface area (Å²) < 4.78 is 0. The predicted octanol–water partition coefficient (Wildman–Crippen LogP) is 1.76. The molecule has 2 rings (SSSR count). The predicted molar refractivity (Wildman–Crippen MR) is 66.2 cm³/mol. The Morgan fingerprint density at radius 1 is 1.47 bits per heavy atom. The number of rotatable bonds is 4. The summed E-state index contributed by atoms with van der Waals surface area (Å²) in [6.45, 7) is 1.88. The van der Waals surface area contributed by atoms with Gasteiger partial charge in [0, 0.05) is 13.1 Å². The average Bonchev–Trinajstić information content (AvgIpc) is 2.27. The van der Waals surface area contributed by atoms with E-state index >= 15 is 0 Å². The molecular formula is C14H18N2O. The van der Waals surface area contributed by atoms with Crippen molar-refractivity contribution in [3.63, 3.8) is 0 Å². The molecule has 0 radical (unpaired) electrons. The number of aliphatic hydroxyl groups excluding tert-OH is 1. The van der Waals surface area contributed by atoms with E-state index in [2.05, 4.69) is 18.0 Å². The van der Waals surface area contributed by atoms with Gasteiger partial charge in [0.2, 0.25) is 0 Å². The maximum absolute atomic E-state index is 9.23. The van der Waals surface area contributed by atoms with Gasteiger partial charge in [-0.3, -0.25) is 0 Å². The summed E-state index contributed by atoms with van der Waals surface area (Å²) in [5.74, 6) is 0.633. The minimum absolute atomic E-state index is 0.0738. The quantitative estimate of drug-likeness (QED) is 0.857. The van der Waals surface area contributed by atoms with Gasteiger partial charge in [-0.1, -0.05) is 12.1 Å². The van der Waals surface area contributed by atoms with Crippen molar-refractivity contribution in [2.45, 2.75) is 25.5 Å². The smallest absolute Gasteiger partial charge is 0.0991 e. The summed E-state index contributed by atoms with van der Waals surface area (Å²) in [6, 6.07) is 9.89. The van der Waals surface area contributed by atoms with Gasteiger partial charge < -0.3 is 10.0 Å². The van der Waals surface area contributed by atoms with Crippen LogP contribution in [0.4, 0.5) is 0 Å². The molecule has 1 saturated carbocycles. The van der Waals surface area contributed by atoms with Crippen molar-refractivity contribution in [1.82, 2.24) is 4.90 Å². The zero-order valence-corrected chi connectivity index (χ0v) is 10.1. The molecule has 0 aromatic heterocycles. The molecule has 1 aromatic rings. The first-order valence-electron chi connectivity index (χ1n) is 6.03. The van der Waals surface area contributed by atoms with Gasteiger partial charge >= 0.3 is 0 Å². The summed E-state index contributed by atoms with van der Waals surface area (Å²) in [4.78, 5) is 2.26. The molecule has 0 unspecified atom stereocenters.